The SMILES string of the molecule is CC(O)(CO)CNCC(=O)NCc1ccccc1. The van der Waals surface area contributed by atoms with Crippen LogP contribution < -0.4 is 10.6 Å². The van der Waals surface area contributed by atoms with Gasteiger partial charge in [-0.05, 0) is 12.5 Å². The standard InChI is InChI=1S/C13H20N2O3/c1-13(18,10-16)9-14-8-12(17)15-7-11-5-3-2-4-6-11/h2-6,14,16,18H,7-10H2,1H3,(H,15,17). The number of carbonyl (C=O) groups excluding carboxylic acids is 1. The van der Waals surface area contributed by atoms with Crippen molar-refractivity contribution in [3.05, 3.63) is 35.9 Å². The highest BCUT2D eigenvalue weighted by molar-refractivity contribution is 5.77. The fourth-order valence-corrected chi connectivity index (χ4v) is 1.36. The maximum absolute atomic E-state index is 11.5. The maximum atomic E-state index is 11.5. The second kappa shape index (κ2) is 7.10. The minimum absolute atomic E-state index is 0.114. The highest BCUT2D eigenvalue weighted by atomic mass is 16.3. The summed E-state index contributed by atoms with van der Waals surface area (Å²) < 4.78 is 0. The monoisotopic (exact) mass is 252 g/mol. The van der Waals surface area contributed by atoms with Gasteiger partial charge in [0, 0.05) is 13.1 Å². The Morgan fingerprint density at radius 1 is 1.33 bits per heavy atom. The molecule has 0 saturated heterocycles. The molecule has 100 valence electrons. The lowest BCUT2D eigenvalue weighted by atomic mass is 10.1. The van der Waals surface area contributed by atoms with Gasteiger partial charge in [0.05, 0.1) is 18.8 Å². The van der Waals surface area contributed by atoms with Gasteiger partial charge in [-0.3, -0.25) is 4.79 Å². The number of hydrogen-bond acceptors (Lipinski definition) is 4. The van der Waals surface area contributed by atoms with Crippen LogP contribution >= 0.6 is 0 Å². The number of nitrogens with one attached hydrogen (secondary N) is 2. The molecule has 1 aromatic rings. The van der Waals surface area contributed by atoms with Gasteiger partial charge >= 0.3 is 0 Å². The fraction of sp³-hybridized carbons (Fsp3) is 0.462. The van der Waals surface area contributed by atoms with Crippen molar-refractivity contribution in [1.29, 1.82) is 0 Å². The molecule has 0 saturated carbocycles. The second-order valence-electron chi connectivity index (χ2n) is 4.52. The van der Waals surface area contributed by atoms with E-state index < -0.39 is 5.60 Å². The van der Waals surface area contributed by atoms with Gasteiger partial charge in [0.2, 0.25) is 5.91 Å². The fourth-order valence-electron chi connectivity index (χ4n) is 1.36. The molecule has 1 unspecified atom stereocenters. The number of amides is 1. The van der Waals surface area contributed by atoms with Gasteiger partial charge in [-0.1, -0.05) is 30.3 Å². The number of carbonyl (C=O) groups is 1. The zero-order chi connectivity index (χ0) is 13.4. The molecule has 5 heteroatoms. The molecule has 0 bridgehead atoms. The summed E-state index contributed by atoms with van der Waals surface area (Å²) in [6, 6.07) is 9.62. The Morgan fingerprint density at radius 2 is 2.00 bits per heavy atom. The zero-order valence-corrected chi connectivity index (χ0v) is 10.5. The molecule has 0 aliphatic carbocycles. The first kappa shape index (κ1) is 14.6. The summed E-state index contributed by atoms with van der Waals surface area (Å²) in [4.78, 5) is 11.5. The summed E-state index contributed by atoms with van der Waals surface area (Å²) in [6.07, 6.45) is 0. The van der Waals surface area contributed by atoms with Crippen LogP contribution in [-0.4, -0.2) is 41.4 Å². The summed E-state index contributed by atoms with van der Waals surface area (Å²) in [7, 11) is 0. The van der Waals surface area contributed by atoms with Gasteiger partial charge in [-0.25, -0.2) is 0 Å². The average molecular weight is 252 g/mol. The van der Waals surface area contributed by atoms with Gasteiger partial charge in [-0.15, -0.1) is 0 Å². The topological polar surface area (TPSA) is 81.6 Å². The predicted molar refractivity (Wildman–Crippen MR) is 68.9 cm³/mol. The van der Waals surface area contributed by atoms with Crippen molar-refractivity contribution in [1.82, 2.24) is 10.6 Å². The van der Waals surface area contributed by atoms with E-state index in [1.807, 2.05) is 30.3 Å². The van der Waals surface area contributed by atoms with Gasteiger partial charge in [0.1, 0.15) is 0 Å². The Balaban J connectivity index is 2.19. The Morgan fingerprint density at radius 3 is 2.61 bits per heavy atom. The average Bonchev–Trinajstić information content (AvgIpc) is 2.37. The molecule has 0 radical (unpaired) electrons. The number of hydrogen-bond donors (Lipinski definition) is 4. The number of aliphatic hydroxyl groups is 2. The predicted octanol–water partition coefficient (Wildman–Crippen LogP) is -0.364. The largest absolute Gasteiger partial charge is 0.393 e. The van der Waals surface area contributed by atoms with Gasteiger partial charge in [0.15, 0.2) is 0 Å². The van der Waals surface area contributed by atoms with Crippen molar-refractivity contribution in [2.45, 2.75) is 19.1 Å². The molecule has 0 spiro atoms. The minimum atomic E-state index is -1.19. The Hall–Kier alpha value is -1.43. The molecule has 1 aromatic carbocycles. The van der Waals surface area contributed by atoms with Crippen molar-refractivity contribution in [3.8, 4) is 0 Å². The van der Waals surface area contributed by atoms with E-state index >= 15 is 0 Å². The van der Waals surface area contributed by atoms with E-state index in [-0.39, 0.29) is 25.6 Å². The summed E-state index contributed by atoms with van der Waals surface area (Å²) in [5.41, 5.74) is -0.159. The van der Waals surface area contributed by atoms with Crippen molar-refractivity contribution >= 4 is 5.91 Å². The first-order chi connectivity index (χ1) is 8.53. The molecular formula is C13H20N2O3. The Kier molecular flexibility index (Phi) is 5.77. The first-order valence-electron chi connectivity index (χ1n) is 5.88. The molecule has 0 fully saturated rings. The van der Waals surface area contributed by atoms with Crippen molar-refractivity contribution < 1.29 is 15.0 Å². The summed E-state index contributed by atoms with van der Waals surface area (Å²) in [5, 5.41) is 23.9. The van der Waals surface area contributed by atoms with Gasteiger partial charge in [0.25, 0.3) is 0 Å². The molecule has 0 aliphatic heterocycles. The van der Waals surface area contributed by atoms with Crippen LogP contribution in [0.2, 0.25) is 0 Å². The van der Waals surface area contributed by atoms with Crippen molar-refractivity contribution in [2.75, 3.05) is 19.7 Å². The molecule has 18 heavy (non-hydrogen) atoms. The molecular weight excluding hydrogens is 232 g/mol. The van der Waals surface area contributed by atoms with Gasteiger partial charge in [-0.2, -0.15) is 0 Å². The smallest absolute Gasteiger partial charge is 0.234 e. The molecule has 5 nitrogen and oxygen atoms in total. The molecule has 0 aliphatic rings. The lowest BCUT2D eigenvalue weighted by Gasteiger charge is -2.20. The highest BCUT2D eigenvalue weighted by Crippen LogP contribution is 1.98. The molecule has 4 N–H and O–H groups in total. The van der Waals surface area contributed by atoms with E-state index in [2.05, 4.69) is 10.6 Å². The van der Waals surface area contributed by atoms with Crippen LogP contribution in [-0.2, 0) is 11.3 Å². The van der Waals surface area contributed by atoms with Crippen LogP contribution in [0, 0.1) is 0 Å². The third-order valence-corrected chi connectivity index (χ3v) is 2.46. The van der Waals surface area contributed by atoms with Crippen LogP contribution in [0.1, 0.15) is 12.5 Å². The van der Waals surface area contributed by atoms with Crippen molar-refractivity contribution in [3.63, 3.8) is 0 Å². The summed E-state index contributed by atoms with van der Waals surface area (Å²) in [5.74, 6) is -0.146. The van der Waals surface area contributed by atoms with Gasteiger partial charge < -0.3 is 20.8 Å². The van der Waals surface area contributed by atoms with E-state index in [0.29, 0.717) is 6.54 Å². The van der Waals surface area contributed by atoms with E-state index in [4.69, 9.17) is 5.11 Å². The first-order valence-corrected chi connectivity index (χ1v) is 5.88. The molecule has 1 amide bonds. The number of aliphatic hydroxyl groups excluding tert-OH is 1. The van der Waals surface area contributed by atoms with Crippen LogP contribution in [0.15, 0.2) is 30.3 Å². The van der Waals surface area contributed by atoms with E-state index in [1.54, 1.807) is 0 Å². The number of benzene rings is 1. The van der Waals surface area contributed by atoms with E-state index in [9.17, 15) is 9.90 Å². The quantitative estimate of drug-likeness (QED) is 0.534. The zero-order valence-electron chi connectivity index (χ0n) is 10.5. The maximum Gasteiger partial charge on any atom is 0.234 e. The van der Waals surface area contributed by atoms with Crippen LogP contribution in [0.25, 0.3) is 0 Å². The van der Waals surface area contributed by atoms with E-state index in [0.717, 1.165) is 5.56 Å². The lowest BCUT2D eigenvalue weighted by Crippen LogP contribution is -2.44. The third kappa shape index (κ3) is 5.77. The lowest BCUT2D eigenvalue weighted by molar-refractivity contribution is -0.120. The van der Waals surface area contributed by atoms with E-state index in [1.165, 1.54) is 6.92 Å². The Bertz CT molecular complexity index is 366. The molecule has 0 heterocycles. The number of rotatable bonds is 7. The van der Waals surface area contributed by atoms with Crippen LogP contribution in [0.5, 0.6) is 0 Å². The Labute approximate surface area is 107 Å². The molecule has 0 aromatic heterocycles. The summed E-state index contributed by atoms with van der Waals surface area (Å²) in [6.45, 7) is 1.93. The minimum Gasteiger partial charge on any atom is -0.393 e. The highest BCUT2D eigenvalue weighted by Gasteiger charge is 2.18. The normalized spacial score (nSPS) is 13.9. The molecule has 1 atom stereocenters. The van der Waals surface area contributed by atoms with Crippen molar-refractivity contribution in [2.24, 2.45) is 0 Å². The second-order valence-corrected chi connectivity index (χ2v) is 4.52. The summed E-state index contributed by atoms with van der Waals surface area (Å²) >= 11 is 0. The third-order valence-electron chi connectivity index (χ3n) is 2.46. The molecule has 1 rings (SSSR count). The van der Waals surface area contributed by atoms with Crippen LogP contribution in [0.4, 0.5) is 0 Å². The van der Waals surface area contributed by atoms with Crippen LogP contribution in [0.3, 0.4) is 0 Å².